The molecular formula is C22H30ClFN3O9P. The van der Waals surface area contributed by atoms with Gasteiger partial charge in [0.15, 0.2) is 0 Å². The smallest absolute Gasteiger partial charge is 0.459 e. The Kier molecular flexibility index (Phi) is 11.0. The molecule has 1 aromatic heterocycles. The average Bonchev–Trinajstić information content (AvgIpc) is 2.82. The lowest BCUT2D eigenvalue weighted by atomic mass is 10.1. The molecule has 0 saturated carbocycles. The summed E-state index contributed by atoms with van der Waals surface area (Å²) in [5.74, 6) is -3.82. The third kappa shape index (κ3) is 9.37. The molecule has 0 aliphatic rings. The fourth-order valence-corrected chi connectivity index (χ4v) is 4.48. The molecule has 3 unspecified atom stereocenters. The third-order valence-corrected chi connectivity index (χ3v) is 6.54. The molecule has 15 heteroatoms. The normalized spacial score (nSPS) is 17.3. The third-order valence-electron chi connectivity index (χ3n) is 4.67. The summed E-state index contributed by atoms with van der Waals surface area (Å²) in [5, 5.41) is 11.6. The van der Waals surface area contributed by atoms with Crippen LogP contribution in [0.5, 0.6) is 5.75 Å². The number of carbonyl (C=O) groups excluding carboxylic acids is 1. The van der Waals surface area contributed by atoms with E-state index in [0.29, 0.717) is 0 Å². The summed E-state index contributed by atoms with van der Waals surface area (Å²) in [6.07, 6.45) is -1.44. The first-order valence-corrected chi connectivity index (χ1v) is 13.1. The van der Waals surface area contributed by atoms with Gasteiger partial charge in [0, 0.05) is 12.3 Å². The molecule has 2 rings (SSSR count). The van der Waals surface area contributed by atoms with Crippen molar-refractivity contribution in [1.29, 1.82) is 0 Å². The van der Waals surface area contributed by atoms with Crippen molar-refractivity contribution in [3.05, 3.63) is 63.4 Å². The van der Waals surface area contributed by atoms with Crippen molar-refractivity contribution in [3.63, 3.8) is 0 Å². The van der Waals surface area contributed by atoms with E-state index in [1.807, 2.05) is 4.98 Å². The van der Waals surface area contributed by atoms with Crippen molar-refractivity contribution >= 4 is 25.3 Å². The highest BCUT2D eigenvalue weighted by Gasteiger charge is 2.46. The second kappa shape index (κ2) is 13.3. The van der Waals surface area contributed by atoms with Gasteiger partial charge in [-0.25, -0.2) is 13.8 Å². The molecule has 37 heavy (non-hydrogen) atoms. The Labute approximate surface area is 217 Å². The minimum atomic E-state index is -4.51. The SMILES string of the molecule is CC(C)OC(=O)C(C)NP(=O)(OC[C@@](F)(OCn1ccc(=O)[nH]c1=O)[C@@H](O)C(C)Cl)Oc1ccccc1. The quantitative estimate of drug-likeness (QED) is 0.176. The molecule has 0 radical (unpaired) electrons. The van der Waals surface area contributed by atoms with Gasteiger partial charge in [0.05, 0.1) is 11.5 Å². The molecule has 3 N–H and O–H groups in total. The number of carbonyl (C=O) groups is 1. The number of alkyl halides is 2. The van der Waals surface area contributed by atoms with Gasteiger partial charge in [-0.2, -0.15) is 5.09 Å². The predicted molar refractivity (Wildman–Crippen MR) is 132 cm³/mol. The summed E-state index contributed by atoms with van der Waals surface area (Å²) in [7, 11) is -4.51. The number of rotatable bonds is 14. The number of H-pyrrole nitrogens is 1. The zero-order chi connectivity index (χ0) is 27.8. The van der Waals surface area contributed by atoms with Gasteiger partial charge < -0.3 is 19.1 Å². The molecular weight excluding hydrogens is 536 g/mol. The number of aromatic amines is 1. The van der Waals surface area contributed by atoms with Crippen molar-refractivity contribution < 1.29 is 37.4 Å². The van der Waals surface area contributed by atoms with Crippen molar-refractivity contribution in [2.24, 2.45) is 0 Å². The highest BCUT2D eigenvalue weighted by atomic mass is 35.5. The Hall–Kier alpha value is -2.54. The molecule has 0 saturated heterocycles. The van der Waals surface area contributed by atoms with Crippen molar-refractivity contribution in [1.82, 2.24) is 14.6 Å². The van der Waals surface area contributed by atoms with Crippen molar-refractivity contribution in [2.45, 2.75) is 63.9 Å². The molecule has 1 aromatic carbocycles. The van der Waals surface area contributed by atoms with E-state index in [1.165, 1.54) is 26.0 Å². The number of aliphatic hydroxyl groups is 1. The van der Waals surface area contributed by atoms with Crippen molar-refractivity contribution in [2.75, 3.05) is 6.61 Å². The van der Waals surface area contributed by atoms with Gasteiger partial charge in [0.2, 0.25) is 0 Å². The molecule has 5 atom stereocenters. The van der Waals surface area contributed by atoms with Gasteiger partial charge in [-0.3, -0.25) is 23.7 Å². The maximum atomic E-state index is 15.9. The van der Waals surface area contributed by atoms with Crippen LogP contribution in [0.25, 0.3) is 0 Å². The van der Waals surface area contributed by atoms with Gasteiger partial charge in [0.1, 0.15) is 31.2 Å². The standard InChI is InChI=1S/C22H30ClFN3O9P/c1-14(2)35-20(30)16(4)26-37(32,36-17-8-6-5-7-9-17)34-12-22(24,19(29)15(3)23)33-13-27-11-10-18(28)25-21(27)31/h5-11,14-16,19,29H,12-13H2,1-4H3,(H,26,32)(H,25,28,31)/t15?,16?,19-,22+,37?/m0/s1. The number of nitrogens with zero attached hydrogens (tertiary/aromatic N) is 1. The Balaban J connectivity index is 2.29. The molecule has 0 aliphatic heterocycles. The van der Waals surface area contributed by atoms with Gasteiger partial charge >= 0.3 is 19.4 Å². The lowest BCUT2D eigenvalue weighted by Gasteiger charge is -2.33. The Bertz CT molecular complexity index is 1190. The van der Waals surface area contributed by atoms with Crippen LogP contribution in [-0.2, 0) is 30.1 Å². The van der Waals surface area contributed by atoms with Crippen molar-refractivity contribution in [3.8, 4) is 5.75 Å². The van der Waals surface area contributed by atoms with Crippen LogP contribution in [0, 0.1) is 0 Å². The van der Waals surface area contributed by atoms with E-state index in [-0.39, 0.29) is 5.75 Å². The number of benzene rings is 1. The molecule has 0 amide bonds. The van der Waals surface area contributed by atoms with E-state index in [9.17, 15) is 24.1 Å². The minimum Gasteiger partial charge on any atom is -0.462 e. The summed E-state index contributed by atoms with van der Waals surface area (Å²) in [6, 6.07) is 7.54. The number of aromatic nitrogens is 2. The maximum Gasteiger partial charge on any atom is 0.459 e. The zero-order valence-corrected chi connectivity index (χ0v) is 22.3. The van der Waals surface area contributed by atoms with E-state index >= 15 is 4.39 Å². The number of ether oxygens (including phenoxy) is 2. The highest BCUT2D eigenvalue weighted by molar-refractivity contribution is 7.52. The number of hydrogen-bond donors (Lipinski definition) is 3. The first-order valence-electron chi connectivity index (χ1n) is 11.2. The van der Waals surface area contributed by atoms with Crippen LogP contribution < -0.4 is 20.9 Å². The number of aliphatic hydroxyl groups excluding tert-OH is 1. The fraction of sp³-hybridized carbons (Fsp3) is 0.500. The fourth-order valence-electron chi connectivity index (χ4n) is 2.79. The topological polar surface area (TPSA) is 158 Å². The van der Waals surface area contributed by atoms with Crippen LogP contribution in [0.1, 0.15) is 27.7 Å². The molecule has 1 heterocycles. The second-order valence-electron chi connectivity index (χ2n) is 8.27. The predicted octanol–water partition coefficient (Wildman–Crippen LogP) is 2.30. The summed E-state index contributed by atoms with van der Waals surface area (Å²) < 4.78 is 51.2. The second-order valence-corrected chi connectivity index (χ2v) is 10.7. The summed E-state index contributed by atoms with van der Waals surface area (Å²) in [4.78, 5) is 37.4. The minimum absolute atomic E-state index is 0.0687. The number of hydrogen-bond acceptors (Lipinski definition) is 9. The molecule has 12 nitrogen and oxygen atoms in total. The summed E-state index contributed by atoms with van der Waals surface area (Å²) in [6.45, 7) is 3.89. The van der Waals surface area contributed by atoms with E-state index in [4.69, 9.17) is 30.1 Å². The van der Waals surface area contributed by atoms with Gasteiger partial charge in [-0.1, -0.05) is 18.2 Å². The van der Waals surface area contributed by atoms with Gasteiger partial charge in [-0.15, -0.1) is 11.6 Å². The largest absolute Gasteiger partial charge is 0.462 e. The summed E-state index contributed by atoms with van der Waals surface area (Å²) >= 11 is 5.88. The van der Waals surface area contributed by atoms with E-state index in [2.05, 4.69) is 5.09 Å². The Morgan fingerprint density at radius 3 is 2.43 bits per heavy atom. The molecule has 0 aliphatic carbocycles. The zero-order valence-electron chi connectivity index (χ0n) is 20.6. The van der Waals surface area contributed by atoms with E-state index in [0.717, 1.165) is 16.8 Å². The molecule has 206 valence electrons. The Morgan fingerprint density at radius 1 is 1.22 bits per heavy atom. The molecule has 0 spiro atoms. The van der Waals surface area contributed by atoms with E-state index in [1.54, 1.807) is 32.0 Å². The lowest BCUT2D eigenvalue weighted by Crippen LogP contribution is -2.50. The molecule has 2 aromatic rings. The van der Waals surface area contributed by atoms with Crippen LogP contribution in [-0.4, -0.2) is 56.7 Å². The van der Waals surface area contributed by atoms with Crippen LogP contribution in [0.2, 0.25) is 0 Å². The van der Waals surface area contributed by atoms with E-state index < -0.39 is 67.8 Å². The van der Waals surface area contributed by atoms with Crippen LogP contribution in [0.3, 0.4) is 0 Å². The van der Waals surface area contributed by atoms with Gasteiger partial charge in [0.25, 0.3) is 11.4 Å². The number of halogens is 2. The number of esters is 1. The van der Waals surface area contributed by atoms with Crippen LogP contribution >= 0.6 is 19.3 Å². The average molecular weight is 566 g/mol. The lowest BCUT2D eigenvalue weighted by molar-refractivity contribution is -0.239. The number of nitrogens with one attached hydrogen (secondary N) is 2. The van der Waals surface area contributed by atoms with Crippen LogP contribution in [0.4, 0.5) is 4.39 Å². The first kappa shape index (κ1) is 30.7. The summed E-state index contributed by atoms with van der Waals surface area (Å²) in [5.41, 5.74) is -1.58. The highest BCUT2D eigenvalue weighted by Crippen LogP contribution is 2.46. The number of para-hydroxylation sites is 1. The monoisotopic (exact) mass is 565 g/mol. The maximum absolute atomic E-state index is 15.9. The van der Waals surface area contributed by atoms with Crippen LogP contribution in [0.15, 0.2) is 52.2 Å². The first-order chi connectivity index (χ1) is 17.2. The molecule has 0 fully saturated rings. The Morgan fingerprint density at radius 2 is 1.86 bits per heavy atom. The molecule has 0 bridgehead atoms. The van der Waals surface area contributed by atoms with Gasteiger partial charge in [-0.05, 0) is 39.8 Å².